The Balaban J connectivity index is 1.99. The summed E-state index contributed by atoms with van der Waals surface area (Å²) >= 11 is 0. The minimum atomic E-state index is -0.513. The van der Waals surface area contributed by atoms with E-state index in [0.717, 1.165) is 38.5 Å². The highest BCUT2D eigenvalue weighted by atomic mass is 16.5. The summed E-state index contributed by atoms with van der Waals surface area (Å²) < 4.78 is 5.75. The molecule has 1 fully saturated rings. The molecule has 1 aliphatic carbocycles. The number of amides is 1. The van der Waals surface area contributed by atoms with Crippen molar-refractivity contribution in [2.24, 2.45) is 17.6 Å². The van der Waals surface area contributed by atoms with Crippen molar-refractivity contribution in [3.8, 4) is 5.75 Å². The molecule has 0 heterocycles. The zero-order valence-electron chi connectivity index (χ0n) is 14.8. The SMILES string of the molecule is CCC(CC)Oc1c(N(C)CC2CCC(C(N)=O)CC2)c(=O)c1=O. The summed E-state index contributed by atoms with van der Waals surface area (Å²) in [6.07, 6.45) is 5.00. The Morgan fingerprint density at radius 3 is 2.25 bits per heavy atom. The molecule has 2 N–H and O–H groups in total. The average Bonchev–Trinajstić information content (AvgIpc) is 2.58. The largest absolute Gasteiger partial charge is 0.484 e. The molecule has 1 saturated carbocycles. The molecule has 2 rings (SSSR count). The van der Waals surface area contributed by atoms with Crippen molar-refractivity contribution in [3.63, 3.8) is 0 Å². The highest BCUT2D eigenvalue weighted by Gasteiger charge is 2.30. The molecular formula is C18H28N2O4. The van der Waals surface area contributed by atoms with Gasteiger partial charge < -0.3 is 15.4 Å². The van der Waals surface area contributed by atoms with Crippen molar-refractivity contribution >= 4 is 11.6 Å². The normalized spacial score (nSPS) is 21.2. The number of anilines is 1. The van der Waals surface area contributed by atoms with E-state index in [1.54, 1.807) is 0 Å². The van der Waals surface area contributed by atoms with Crippen molar-refractivity contribution < 1.29 is 9.53 Å². The third-order valence-corrected chi connectivity index (χ3v) is 5.20. The van der Waals surface area contributed by atoms with Crippen LogP contribution in [-0.4, -0.2) is 25.6 Å². The molecule has 6 heteroatoms. The number of primary amides is 1. The maximum absolute atomic E-state index is 12.0. The number of nitrogens with two attached hydrogens (primary N) is 1. The van der Waals surface area contributed by atoms with E-state index in [0.29, 0.717) is 18.2 Å². The van der Waals surface area contributed by atoms with E-state index in [-0.39, 0.29) is 23.7 Å². The Hall–Kier alpha value is -1.85. The maximum atomic E-state index is 12.0. The fourth-order valence-corrected chi connectivity index (χ4v) is 3.54. The molecule has 0 aliphatic heterocycles. The van der Waals surface area contributed by atoms with E-state index in [4.69, 9.17) is 10.5 Å². The van der Waals surface area contributed by atoms with Gasteiger partial charge in [0.25, 0.3) is 10.9 Å². The van der Waals surface area contributed by atoms with Crippen LogP contribution in [0, 0.1) is 11.8 Å². The van der Waals surface area contributed by atoms with Gasteiger partial charge in [-0.05, 0) is 44.4 Å². The van der Waals surface area contributed by atoms with E-state index in [1.165, 1.54) is 0 Å². The van der Waals surface area contributed by atoms with Gasteiger partial charge in [-0.1, -0.05) is 13.8 Å². The standard InChI is InChI=1S/C18H28N2O4/c1-4-13(5-2)24-17-14(15(21)16(17)22)20(3)10-11-6-8-12(9-7-11)18(19)23/h11-13H,4-10H2,1-3H3,(H2,19,23). The second kappa shape index (κ2) is 7.81. The number of carbonyl (C=O) groups excluding carboxylic acids is 1. The molecule has 0 saturated heterocycles. The van der Waals surface area contributed by atoms with Crippen molar-refractivity contribution in [1.82, 2.24) is 0 Å². The Morgan fingerprint density at radius 1 is 1.17 bits per heavy atom. The van der Waals surface area contributed by atoms with Gasteiger partial charge in [-0.15, -0.1) is 0 Å². The minimum Gasteiger partial charge on any atom is -0.484 e. The first-order valence-electron chi connectivity index (χ1n) is 8.89. The number of nitrogens with zero attached hydrogens (tertiary/aromatic N) is 1. The Bertz CT molecular complexity index is 636. The third-order valence-electron chi connectivity index (χ3n) is 5.20. The fourth-order valence-electron chi connectivity index (χ4n) is 3.54. The van der Waals surface area contributed by atoms with Gasteiger partial charge in [0.1, 0.15) is 5.69 Å². The average molecular weight is 336 g/mol. The molecule has 0 aromatic heterocycles. The molecule has 134 valence electrons. The fraction of sp³-hybridized carbons (Fsp3) is 0.722. The number of carbonyl (C=O) groups is 1. The summed E-state index contributed by atoms with van der Waals surface area (Å²) in [4.78, 5) is 36.9. The van der Waals surface area contributed by atoms with Gasteiger partial charge in [0.15, 0.2) is 5.75 Å². The predicted molar refractivity (Wildman–Crippen MR) is 94.3 cm³/mol. The van der Waals surface area contributed by atoms with Crippen LogP contribution < -0.4 is 26.2 Å². The zero-order valence-corrected chi connectivity index (χ0v) is 14.8. The van der Waals surface area contributed by atoms with Crippen LogP contribution in [-0.2, 0) is 4.79 Å². The number of rotatable bonds is 8. The van der Waals surface area contributed by atoms with Gasteiger partial charge in [-0.3, -0.25) is 14.4 Å². The number of hydrogen-bond donors (Lipinski definition) is 1. The second-order valence-corrected chi connectivity index (χ2v) is 6.89. The molecule has 0 spiro atoms. The smallest absolute Gasteiger partial charge is 0.272 e. The van der Waals surface area contributed by atoms with Crippen LogP contribution in [0.15, 0.2) is 9.59 Å². The first-order chi connectivity index (χ1) is 11.4. The maximum Gasteiger partial charge on any atom is 0.272 e. The highest BCUT2D eigenvalue weighted by Crippen LogP contribution is 2.31. The Labute approximate surface area is 142 Å². The molecule has 0 radical (unpaired) electrons. The quantitative estimate of drug-likeness (QED) is 0.728. The van der Waals surface area contributed by atoms with Crippen LogP contribution in [0.4, 0.5) is 5.69 Å². The zero-order chi connectivity index (χ0) is 17.9. The first-order valence-corrected chi connectivity index (χ1v) is 8.89. The molecular weight excluding hydrogens is 308 g/mol. The van der Waals surface area contributed by atoms with E-state index in [2.05, 4.69) is 0 Å². The predicted octanol–water partition coefficient (Wildman–Crippen LogP) is 1.58. The highest BCUT2D eigenvalue weighted by molar-refractivity contribution is 5.76. The molecule has 24 heavy (non-hydrogen) atoms. The Morgan fingerprint density at radius 2 is 1.75 bits per heavy atom. The third kappa shape index (κ3) is 3.79. The van der Waals surface area contributed by atoms with Crippen LogP contribution in [0.25, 0.3) is 0 Å². The van der Waals surface area contributed by atoms with Gasteiger partial charge in [-0.25, -0.2) is 0 Å². The van der Waals surface area contributed by atoms with E-state index in [1.807, 2.05) is 25.8 Å². The lowest BCUT2D eigenvalue weighted by Crippen LogP contribution is -2.43. The summed E-state index contributed by atoms with van der Waals surface area (Å²) in [5, 5.41) is 0. The van der Waals surface area contributed by atoms with E-state index in [9.17, 15) is 14.4 Å². The summed E-state index contributed by atoms with van der Waals surface area (Å²) in [6.45, 7) is 4.69. The van der Waals surface area contributed by atoms with Crippen LogP contribution >= 0.6 is 0 Å². The van der Waals surface area contributed by atoms with Gasteiger partial charge >= 0.3 is 0 Å². The van der Waals surface area contributed by atoms with Gasteiger partial charge in [0.2, 0.25) is 5.91 Å². The summed E-state index contributed by atoms with van der Waals surface area (Å²) in [7, 11) is 1.83. The second-order valence-electron chi connectivity index (χ2n) is 6.89. The molecule has 0 atom stereocenters. The Kier molecular flexibility index (Phi) is 6.02. The van der Waals surface area contributed by atoms with Crippen LogP contribution in [0.1, 0.15) is 52.4 Å². The number of ether oxygens (including phenoxy) is 1. The molecule has 1 aromatic carbocycles. The minimum absolute atomic E-state index is 0.0218. The summed E-state index contributed by atoms with van der Waals surface area (Å²) in [6, 6.07) is 0. The van der Waals surface area contributed by atoms with Crippen molar-refractivity contribution in [3.05, 3.63) is 20.4 Å². The van der Waals surface area contributed by atoms with Crippen molar-refractivity contribution in [2.45, 2.75) is 58.5 Å². The molecule has 0 bridgehead atoms. The van der Waals surface area contributed by atoms with Crippen LogP contribution in [0.5, 0.6) is 5.75 Å². The lowest BCUT2D eigenvalue weighted by Gasteiger charge is -2.32. The van der Waals surface area contributed by atoms with Crippen LogP contribution in [0.3, 0.4) is 0 Å². The topological polar surface area (TPSA) is 89.7 Å². The number of hydrogen-bond acceptors (Lipinski definition) is 5. The van der Waals surface area contributed by atoms with E-state index < -0.39 is 10.9 Å². The molecule has 1 amide bonds. The lowest BCUT2D eigenvalue weighted by molar-refractivity contribution is -0.122. The molecule has 6 nitrogen and oxygen atoms in total. The summed E-state index contributed by atoms with van der Waals surface area (Å²) in [5.41, 5.74) is 4.80. The first kappa shape index (κ1) is 18.5. The molecule has 1 aromatic rings. The molecule has 1 aliphatic rings. The van der Waals surface area contributed by atoms with Crippen LogP contribution in [0.2, 0.25) is 0 Å². The molecule has 0 unspecified atom stereocenters. The summed E-state index contributed by atoms with van der Waals surface area (Å²) in [5.74, 6) is 0.384. The van der Waals surface area contributed by atoms with Crippen molar-refractivity contribution in [1.29, 1.82) is 0 Å². The monoisotopic (exact) mass is 336 g/mol. The lowest BCUT2D eigenvalue weighted by atomic mass is 9.81. The van der Waals surface area contributed by atoms with Gasteiger partial charge in [-0.2, -0.15) is 0 Å². The van der Waals surface area contributed by atoms with Crippen molar-refractivity contribution in [2.75, 3.05) is 18.5 Å². The van der Waals surface area contributed by atoms with Gasteiger partial charge in [0, 0.05) is 19.5 Å². The van der Waals surface area contributed by atoms with E-state index >= 15 is 0 Å². The van der Waals surface area contributed by atoms with Gasteiger partial charge in [0.05, 0.1) is 6.10 Å².